The van der Waals surface area contributed by atoms with Crippen LogP contribution in [0.15, 0.2) is 29.5 Å². The van der Waals surface area contributed by atoms with E-state index in [9.17, 15) is 14.7 Å². The topological polar surface area (TPSA) is 107 Å². The highest BCUT2D eigenvalue weighted by molar-refractivity contribution is 5.97. The zero-order valence-electron chi connectivity index (χ0n) is 22.8. The first-order valence-corrected chi connectivity index (χ1v) is 13.9. The Morgan fingerprint density at radius 2 is 1.70 bits per heavy atom. The van der Waals surface area contributed by atoms with Crippen LogP contribution in [0.3, 0.4) is 0 Å². The van der Waals surface area contributed by atoms with Crippen LogP contribution < -0.4 is 24.9 Å². The Hall–Kier alpha value is -3.93. The molecule has 2 aromatic heterocycles. The highest BCUT2D eigenvalue weighted by atomic mass is 19.1. The Labute approximate surface area is 231 Å². The van der Waals surface area contributed by atoms with E-state index in [-0.39, 0.29) is 23.6 Å². The summed E-state index contributed by atoms with van der Waals surface area (Å²) >= 11 is 0. The average Bonchev–Trinajstić information content (AvgIpc) is 2.96. The van der Waals surface area contributed by atoms with E-state index in [4.69, 9.17) is 4.74 Å². The van der Waals surface area contributed by atoms with Gasteiger partial charge in [-0.3, -0.25) is 9.69 Å². The van der Waals surface area contributed by atoms with Crippen LogP contribution in [-0.4, -0.2) is 96.0 Å². The van der Waals surface area contributed by atoms with Crippen LogP contribution in [0, 0.1) is 5.82 Å². The molecule has 0 radical (unpaired) electrons. The van der Waals surface area contributed by atoms with E-state index in [0.717, 1.165) is 56.8 Å². The van der Waals surface area contributed by atoms with Crippen LogP contribution >= 0.6 is 0 Å². The maximum absolute atomic E-state index is 15.6. The first-order valence-electron chi connectivity index (χ1n) is 13.9. The second-order valence-electron chi connectivity index (χ2n) is 10.7. The molecule has 0 unspecified atom stereocenters. The minimum absolute atomic E-state index is 0.0188. The molecule has 1 atom stereocenters. The minimum Gasteiger partial charge on any atom is -0.487 e. The van der Waals surface area contributed by atoms with Gasteiger partial charge in [-0.2, -0.15) is 0 Å². The van der Waals surface area contributed by atoms with Gasteiger partial charge in [-0.05, 0) is 26.0 Å². The van der Waals surface area contributed by atoms with Gasteiger partial charge in [0.05, 0.1) is 35.0 Å². The largest absolute Gasteiger partial charge is 0.487 e. The monoisotopic (exact) mass is 551 g/mol. The molecule has 40 heavy (non-hydrogen) atoms. The number of pyridine rings is 1. The van der Waals surface area contributed by atoms with Crippen LogP contribution in [0.1, 0.15) is 36.7 Å². The zero-order chi connectivity index (χ0) is 28.0. The summed E-state index contributed by atoms with van der Waals surface area (Å²) in [7, 11) is 0. The van der Waals surface area contributed by atoms with E-state index in [1.807, 2.05) is 24.2 Å². The molecule has 5 heterocycles. The lowest BCUT2D eigenvalue weighted by molar-refractivity contribution is 0.0694. The first kappa shape index (κ1) is 26.3. The molecule has 3 aliphatic rings. The smallest absolute Gasteiger partial charge is 0.341 e. The lowest BCUT2D eigenvalue weighted by Gasteiger charge is -2.39. The normalized spacial score (nSPS) is 19.7. The Morgan fingerprint density at radius 1 is 1.05 bits per heavy atom. The van der Waals surface area contributed by atoms with Crippen molar-refractivity contribution in [1.82, 2.24) is 19.4 Å². The van der Waals surface area contributed by atoms with E-state index in [0.29, 0.717) is 43.1 Å². The second-order valence-corrected chi connectivity index (χ2v) is 10.7. The summed E-state index contributed by atoms with van der Waals surface area (Å²) in [6, 6.07) is 0.953. The average molecular weight is 552 g/mol. The molecule has 1 N–H and O–H groups in total. The number of anilines is 3. The Bertz CT molecular complexity index is 1480. The maximum atomic E-state index is 15.6. The van der Waals surface area contributed by atoms with Crippen LogP contribution in [0.25, 0.3) is 10.9 Å². The number of aromatic carboxylic acids is 1. The summed E-state index contributed by atoms with van der Waals surface area (Å²) in [4.78, 5) is 42.6. The van der Waals surface area contributed by atoms with E-state index in [1.165, 1.54) is 6.20 Å². The van der Waals surface area contributed by atoms with Gasteiger partial charge in [0.15, 0.2) is 11.6 Å². The van der Waals surface area contributed by atoms with Crippen molar-refractivity contribution in [2.24, 2.45) is 0 Å². The number of hydrogen-bond donors (Lipinski definition) is 1. The van der Waals surface area contributed by atoms with Crippen molar-refractivity contribution in [2.45, 2.75) is 26.3 Å². The van der Waals surface area contributed by atoms with Crippen molar-refractivity contribution in [1.29, 1.82) is 0 Å². The van der Waals surface area contributed by atoms with Gasteiger partial charge in [0, 0.05) is 58.6 Å². The summed E-state index contributed by atoms with van der Waals surface area (Å²) < 4.78 is 23.3. The third kappa shape index (κ3) is 4.59. The molecule has 0 saturated carbocycles. The first-order chi connectivity index (χ1) is 19.4. The van der Waals surface area contributed by atoms with Crippen molar-refractivity contribution >= 4 is 34.2 Å². The Morgan fingerprint density at radius 3 is 2.35 bits per heavy atom. The molecule has 12 heteroatoms. The molecule has 3 aliphatic heterocycles. The quantitative estimate of drug-likeness (QED) is 0.491. The van der Waals surface area contributed by atoms with Gasteiger partial charge < -0.3 is 29.1 Å². The fourth-order valence-electron chi connectivity index (χ4n) is 5.98. The number of benzene rings is 1. The highest BCUT2D eigenvalue weighted by Crippen LogP contribution is 2.42. The zero-order valence-corrected chi connectivity index (χ0v) is 22.8. The molecule has 0 bridgehead atoms. The number of carboxylic acids is 1. The Balaban J connectivity index is 1.20. The van der Waals surface area contributed by atoms with Gasteiger partial charge in [-0.1, -0.05) is 6.92 Å². The maximum Gasteiger partial charge on any atom is 0.341 e. The molecular weight excluding hydrogens is 517 g/mol. The van der Waals surface area contributed by atoms with Crippen LogP contribution in [0.4, 0.5) is 21.7 Å². The molecule has 6 rings (SSSR count). The molecule has 212 valence electrons. The molecule has 2 saturated heterocycles. The van der Waals surface area contributed by atoms with Crippen molar-refractivity contribution in [3.63, 3.8) is 0 Å². The summed E-state index contributed by atoms with van der Waals surface area (Å²) in [6.45, 7) is 11.7. The van der Waals surface area contributed by atoms with Gasteiger partial charge in [0.2, 0.25) is 11.4 Å². The minimum atomic E-state index is -1.33. The fourth-order valence-corrected chi connectivity index (χ4v) is 5.98. The van der Waals surface area contributed by atoms with E-state index in [2.05, 4.69) is 31.6 Å². The standard InChI is InChI=1S/C28H34FN7O4/c1-3-4-32-5-7-35(8-6-32)28-30-14-19(15-31-28)33-9-11-34(12-10-33)24-22(29)13-20-23-26(24)40-17-18(2)36(23)16-21(25(20)37)27(38)39/h13-16,18H,3-12,17H2,1-2H3,(H,38,39)/t18-/m0/s1. The van der Waals surface area contributed by atoms with Crippen molar-refractivity contribution in [3.8, 4) is 5.75 Å². The number of carbonyl (C=O) groups is 1. The molecular formula is C28H34FN7O4. The van der Waals surface area contributed by atoms with Gasteiger partial charge in [0.25, 0.3) is 0 Å². The van der Waals surface area contributed by atoms with Crippen molar-refractivity contribution < 1.29 is 19.0 Å². The third-order valence-corrected chi connectivity index (χ3v) is 8.15. The predicted octanol–water partition coefficient (Wildman–Crippen LogP) is 2.44. The van der Waals surface area contributed by atoms with Crippen molar-refractivity contribution in [3.05, 3.63) is 46.3 Å². The summed E-state index contributed by atoms with van der Waals surface area (Å²) in [5, 5.41) is 9.53. The number of aromatic nitrogens is 3. The number of carboxylic acid groups (broad SMARTS) is 1. The summed E-state index contributed by atoms with van der Waals surface area (Å²) in [6.07, 6.45) is 6.23. The van der Waals surface area contributed by atoms with Gasteiger partial charge in [-0.15, -0.1) is 0 Å². The van der Waals surface area contributed by atoms with Crippen LogP contribution in [0.2, 0.25) is 0 Å². The summed E-state index contributed by atoms with van der Waals surface area (Å²) in [5.41, 5.74) is 0.587. The summed E-state index contributed by atoms with van der Waals surface area (Å²) in [5.74, 6) is -0.881. The van der Waals surface area contributed by atoms with Crippen LogP contribution in [0.5, 0.6) is 5.75 Å². The molecule has 0 spiro atoms. The molecule has 2 fully saturated rings. The SMILES string of the molecule is CCCN1CCN(c2ncc(N3CCN(c4c(F)cc5c(=O)c(C(=O)O)cn6c5c4OC[C@@H]6C)CC3)cn2)CC1. The fraction of sp³-hybridized carbons (Fsp3) is 0.500. The molecule has 0 amide bonds. The molecule has 11 nitrogen and oxygen atoms in total. The van der Waals surface area contributed by atoms with Crippen molar-refractivity contribution in [2.75, 3.05) is 80.2 Å². The van der Waals surface area contributed by atoms with Crippen LogP contribution in [-0.2, 0) is 0 Å². The molecule has 3 aromatic rings. The van der Waals surface area contributed by atoms with E-state index in [1.54, 1.807) is 4.57 Å². The number of rotatable bonds is 6. The number of nitrogens with zero attached hydrogens (tertiary/aromatic N) is 7. The van der Waals surface area contributed by atoms with E-state index < -0.39 is 17.2 Å². The molecule has 1 aromatic carbocycles. The molecule has 0 aliphatic carbocycles. The van der Waals surface area contributed by atoms with Gasteiger partial charge in [-0.25, -0.2) is 19.2 Å². The predicted molar refractivity (Wildman–Crippen MR) is 151 cm³/mol. The number of piperazine rings is 2. The lowest BCUT2D eigenvalue weighted by atomic mass is 10.1. The second kappa shape index (κ2) is 10.6. The van der Waals surface area contributed by atoms with Gasteiger partial charge >= 0.3 is 5.97 Å². The number of hydrogen-bond acceptors (Lipinski definition) is 9. The van der Waals surface area contributed by atoms with E-state index >= 15 is 4.39 Å². The highest BCUT2D eigenvalue weighted by Gasteiger charge is 2.31. The van der Waals surface area contributed by atoms with Gasteiger partial charge in [0.1, 0.15) is 17.9 Å². The number of halogens is 1. The lowest BCUT2D eigenvalue weighted by Crippen LogP contribution is -2.48. The number of ether oxygens (including phenoxy) is 1. The third-order valence-electron chi connectivity index (χ3n) is 8.15. The Kier molecular flexibility index (Phi) is 6.95.